The fourth-order valence-corrected chi connectivity index (χ4v) is 2.14. The van der Waals surface area contributed by atoms with Gasteiger partial charge in [-0.1, -0.05) is 30.4 Å². The van der Waals surface area contributed by atoms with Crippen LogP contribution in [0.25, 0.3) is 0 Å². The number of carbonyl (C=O) groups excluding carboxylic acids is 1. The number of carbonyl (C=O) groups is 1. The fourth-order valence-electron chi connectivity index (χ4n) is 2.14. The summed E-state index contributed by atoms with van der Waals surface area (Å²) in [5.74, 6) is 0.478. The molecule has 110 valence electrons. The Morgan fingerprint density at radius 2 is 2.10 bits per heavy atom. The van der Waals surface area contributed by atoms with Gasteiger partial charge < -0.3 is 14.6 Å². The summed E-state index contributed by atoms with van der Waals surface area (Å²) in [6.07, 6.45) is 12.2. The van der Waals surface area contributed by atoms with Crippen molar-refractivity contribution in [1.82, 2.24) is 0 Å². The van der Waals surface area contributed by atoms with Gasteiger partial charge in [0.2, 0.25) is 0 Å². The molecule has 1 aromatic rings. The summed E-state index contributed by atoms with van der Waals surface area (Å²) in [5, 5.41) is 10.0. The summed E-state index contributed by atoms with van der Waals surface area (Å²) in [6.45, 7) is 0. The van der Waals surface area contributed by atoms with Crippen LogP contribution < -0.4 is 9.47 Å². The van der Waals surface area contributed by atoms with E-state index >= 15 is 0 Å². The molecule has 0 aliphatic heterocycles. The first-order valence-corrected chi connectivity index (χ1v) is 6.66. The lowest BCUT2D eigenvalue weighted by Gasteiger charge is -2.11. The number of phenolic OH excluding ortho intramolecular Hbond substituents is 1. The van der Waals surface area contributed by atoms with Crippen molar-refractivity contribution in [2.75, 3.05) is 14.2 Å². The lowest BCUT2D eigenvalue weighted by Crippen LogP contribution is -2.02. The number of ether oxygens (including phenoxy) is 2. The summed E-state index contributed by atoms with van der Waals surface area (Å²) in [5.41, 5.74) is 0.143. The van der Waals surface area contributed by atoms with Crippen molar-refractivity contribution in [3.63, 3.8) is 0 Å². The number of allylic oxidation sites excluding steroid dienone is 6. The molecule has 0 spiro atoms. The summed E-state index contributed by atoms with van der Waals surface area (Å²) in [6, 6.07) is 2.97. The number of methoxy groups -OCH3 is 2. The van der Waals surface area contributed by atoms with Crippen LogP contribution in [0.4, 0.5) is 0 Å². The van der Waals surface area contributed by atoms with Crippen LogP contribution in [0.3, 0.4) is 0 Å². The number of benzene rings is 1. The molecule has 1 aliphatic carbocycles. The van der Waals surface area contributed by atoms with Crippen molar-refractivity contribution in [1.29, 1.82) is 0 Å². The molecule has 0 amide bonds. The van der Waals surface area contributed by atoms with Crippen LogP contribution in [0.1, 0.15) is 16.8 Å². The van der Waals surface area contributed by atoms with E-state index in [0.717, 1.165) is 6.42 Å². The zero-order chi connectivity index (χ0) is 15.2. The Labute approximate surface area is 124 Å². The van der Waals surface area contributed by atoms with E-state index in [0.29, 0.717) is 11.5 Å². The van der Waals surface area contributed by atoms with E-state index in [4.69, 9.17) is 9.47 Å². The zero-order valence-electron chi connectivity index (χ0n) is 12.1. The summed E-state index contributed by atoms with van der Waals surface area (Å²) in [7, 11) is 2.93. The standard InChI is InChI=1S/C17H18O4/c1-20-13-10-15(19)17(16(11-13)21-2)14(18)9-8-12-6-4-3-5-7-12/h3-6,8-12,19H,7H2,1-2H3. The third-order valence-corrected chi connectivity index (χ3v) is 3.27. The molecule has 4 nitrogen and oxygen atoms in total. The minimum atomic E-state index is -0.296. The highest BCUT2D eigenvalue weighted by atomic mass is 16.5. The van der Waals surface area contributed by atoms with Crippen molar-refractivity contribution in [3.05, 3.63) is 54.2 Å². The molecule has 1 unspecified atom stereocenters. The average molecular weight is 286 g/mol. The Bertz CT molecular complexity index is 611. The number of hydrogen-bond acceptors (Lipinski definition) is 4. The van der Waals surface area contributed by atoms with E-state index in [1.54, 1.807) is 6.07 Å². The maximum absolute atomic E-state index is 12.3. The summed E-state index contributed by atoms with van der Waals surface area (Å²) in [4.78, 5) is 12.3. The Morgan fingerprint density at radius 3 is 2.71 bits per heavy atom. The number of ketones is 1. The van der Waals surface area contributed by atoms with Gasteiger partial charge in [0, 0.05) is 12.1 Å². The molecule has 0 saturated carbocycles. The van der Waals surface area contributed by atoms with Crippen LogP contribution in [-0.2, 0) is 0 Å². The van der Waals surface area contributed by atoms with Gasteiger partial charge in [-0.25, -0.2) is 0 Å². The molecule has 1 aliphatic rings. The van der Waals surface area contributed by atoms with Crippen molar-refractivity contribution < 1.29 is 19.4 Å². The van der Waals surface area contributed by atoms with E-state index in [-0.39, 0.29) is 23.0 Å². The molecule has 4 heteroatoms. The first-order valence-electron chi connectivity index (χ1n) is 6.66. The Hall–Kier alpha value is -2.49. The van der Waals surface area contributed by atoms with E-state index in [9.17, 15) is 9.90 Å². The lowest BCUT2D eigenvalue weighted by molar-refractivity contribution is 0.104. The monoisotopic (exact) mass is 286 g/mol. The molecule has 0 radical (unpaired) electrons. The molecule has 0 aromatic heterocycles. The van der Waals surface area contributed by atoms with E-state index in [1.165, 1.54) is 26.4 Å². The van der Waals surface area contributed by atoms with Crippen LogP contribution in [-0.4, -0.2) is 25.1 Å². The largest absolute Gasteiger partial charge is 0.507 e. The van der Waals surface area contributed by atoms with Gasteiger partial charge >= 0.3 is 0 Å². The zero-order valence-corrected chi connectivity index (χ0v) is 12.1. The maximum atomic E-state index is 12.3. The van der Waals surface area contributed by atoms with Gasteiger partial charge in [0.25, 0.3) is 0 Å². The predicted molar refractivity (Wildman–Crippen MR) is 81.1 cm³/mol. The Balaban J connectivity index is 2.24. The van der Waals surface area contributed by atoms with Gasteiger partial charge in [-0.15, -0.1) is 0 Å². The second-order valence-electron chi connectivity index (χ2n) is 4.66. The van der Waals surface area contributed by atoms with Gasteiger partial charge in [0.15, 0.2) is 5.78 Å². The topological polar surface area (TPSA) is 55.8 Å². The molecule has 1 atom stereocenters. The Kier molecular flexibility index (Phi) is 4.82. The van der Waals surface area contributed by atoms with Crippen molar-refractivity contribution >= 4 is 5.78 Å². The first kappa shape index (κ1) is 14.9. The highest BCUT2D eigenvalue weighted by Gasteiger charge is 2.17. The minimum Gasteiger partial charge on any atom is -0.507 e. The van der Waals surface area contributed by atoms with Crippen molar-refractivity contribution in [3.8, 4) is 17.2 Å². The van der Waals surface area contributed by atoms with Gasteiger partial charge in [-0.2, -0.15) is 0 Å². The quantitative estimate of drug-likeness (QED) is 0.666. The van der Waals surface area contributed by atoms with E-state index < -0.39 is 0 Å². The van der Waals surface area contributed by atoms with Crippen molar-refractivity contribution in [2.24, 2.45) is 5.92 Å². The minimum absolute atomic E-state index is 0.143. The van der Waals surface area contributed by atoms with Crippen LogP contribution >= 0.6 is 0 Å². The molecule has 0 fully saturated rings. The third-order valence-electron chi connectivity index (χ3n) is 3.27. The number of hydrogen-bond donors (Lipinski definition) is 1. The van der Waals surface area contributed by atoms with Gasteiger partial charge in [-0.3, -0.25) is 4.79 Å². The molecule has 0 saturated heterocycles. The number of rotatable bonds is 5. The highest BCUT2D eigenvalue weighted by Crippen LogP contribution is 2.33. The molecular weight excluding hydrogens is 268 g/mol. The molecule has 1 aromatic carbocycles. The molecule has 0 bridgehead atoms. The third kappa shape index (κ3) is 3.54. The normalized spacial score (nSPS) is 17.1. The van der Waals surface area contributed by atoms with Crippen LogP contribution in [0, 0.1) is 5.92 Å². The number of aromatic hydroxyl groups is 1. The fraction of sp³-hybridized carbons (Fsp3) is 0.235. The predicted octanol–water partition coefficient (Wildman–Crippen LogP) is 3.28. The molecule has 0 heterocycles. The van der Waals surface area contributed by atoms with Gasteiger partial charge in [0.05, 0.1) is 14.2 Å². The summed E-state index contributed by atoms with van der Waals surface area (Å²) >= 11 is 0. The molecule has 1 N–H and O–H groups in total. The SMILES string of the molecule is COc1cc(O)c(C(=O)C=CC2C=CC=CC2)c(OC)c1. The summed E-state index contributed by atoms with van der Waals surface area (Å²) < 4.78 is 10.2. The van der Waals surface area contributed by atoms with Crippen LogP contribution in [0.2, 0.25) is 0 Å². The van der Waals surface area contributed by atoms with Crippen LogP contribution in [0.15, 0.2) is 48.6 Å². The second kappa shape index (κ2) is 6.79. The Morgan fingerprint density at radius 1 is 1.29 bits per heavy atom. The van der Waals surface area contributed by atoms with Crippen molar-refractivity contribution in [2.45, 2.75) is 6.42 Å². The van der Waals surface area contributed by atoms with Crippen LogP contribution in [0.5, 0.6) is 17.2 Å². The van der Waals surface area contributed by atoms with Gasteiger partial charge in [-0.05, 0) is 18.4 Å². The average Bonchev–Trinajstić information content (AvgIpc) is 2.52. The molecule has 21 heavy (non-hydrogen) atoms. The smallest absolute Gasteiger partial charge is 0.193 e. The van der Waals surface area contributed by atoms with Gasteiger partial charge in [0.1, 0.15) is 22.8 Å². The lowest BCUT2D eigenvalue weighted by atomic mass is 9.99. The number of phenols is 1. The highest BCUT2D eigenvalue weighted by molar-refractivity contribution is 6.08. The second-order valence-corrected chi connectivity index (χ2v) is 4.66. The van der Waals surface area contributed by atoms with E-state index in [2.05, 4.69) is 0 Å². The van der Waals surface area contributed by atoms with E-state index in [1.807, 2.05) is 30.4 Å². The maximum Gasteiger partial charge on any atom is 0.193 e. The molecular formula is C17H18O4. The molecule has 2 rings (SSSR count). The first-order chi connectivity index (χ1) is 10.2.